The van der Waals surface area contributed by atoms with Crippen LogP contribution in [0.4, 0.5) is 5.82 Å². The number of hydrogen-bond donors (Lipinski definition) is 1. The average molecular weight is 352 g/mol. The molecule has 1 aromatic carbocycles. The summed E-state index contributed by atoms with van der Waals surface area (Å²) in [6, 6.07) is 13.9. The van der Waals surface area contributed by atoms with Crippen molar-refractivity contribution in [1.29, 1.82) is 0 Å². The molecule has 6 heteroatoms. The Hall–Kier alpha value is -2.89. The predicted octanol–water partition coefficient (Wildman–Crippen LogP) is 2.56. The maximum Gasteiger partial charge on any atom is 0.255 e. The fraction of sp³-hybridized carbons (Fsp3) is 0.350. The van der Waals surface area contributed by atoms with E-state index in [9.17, 15) is 9.59 Å². The van der Waals surface area contributed by atoms with Crippen molar-refractivity contribution >= 4 is 17.6 Å². The predicted molar refractivity (Wildman–Crippen MR) is 101 cm³/mol. The Labute approximate surface area is 153 Å². The van der Waals surface area contributed by atoms with E-state index in [1.165, 1.54) is 5.56 Å². The first kappa shape index (κ1) is 17.9. The highest BCUT2D eigenvalue weighted by molar-refractivity contribution is 5.94. The zero-order valence-electron chi connectivity index (χ0n) is 15.2. The van der Waals surface area contributed by atoms with Gasteiger partial charge < -0.3 is 15.1 Å². The van der Waals surface area contributed by atoms with E-state index < -0.39 is 0 Å². The van der Waals surface area contributed by atoms with Crippen molar-refractivity contribution in [3.63, 3.8) is 0 Å². The molecule has 6 nitrogen and oxygen atoms in total. The number of rotatable bonds is 4. The highest BCUT2D eigenvalue weighted by Gasteiger charge is 2.23. The Morgan fingerprint density at radius 3 is 2.23 bits per heavy atom. The van der Waals surface area contributed by atoms with Gasteiger partial charge in [0.1, 0.15) is 5.82 Å². The van der Waals surface area contributed by atoms with Gasteiger partial charge in [0.25, 0.3) is 5.91 Å². The number of hydrogen-bond acceptors (Lipinski definition) is 4. The van der Waals surface area contributed by atoms with Gasteiger partial charge in [-0.1, -0.05) is 30.3 Å². The van der Waals surface area contributed by atoms with Crippen molar-refractivity contribution in [2.75, 3.05) is 31.5 Å². The molecule has 3 rings (SSSR count). The second-order valence-corrected chi connectivity index (χ2v) is 6.51. The van der Waals surface area contributed by atoms with E-state index in [0.717, 1.165) is 5.82 Å². The van der Waals surface area contributed by atoms with Crippen molar-refractivity contribution in [2.45, 2.75) is 19.9 Å². The van der Waals surface area contributed by atoms with E-state index in [-0.39, 0.29) is 17.9 Å². The van der Waals surface area contributed by atoms with Gasteiger partial charge in [0.05, 0.1) is 5.56 Å². The van der Waals surface area contributed by atoms with Gasteiger partial charge in [-0.05, 0) is 24.6 Å². The second-order valence-electron chi connectivity index (χ2n) is 6.51. The highest BCUT2D eigenvalue weighted by atomic mass is 16.2. The molecular weight excluding hydrogens is 328 g/mol. The summed E-state index contributed by atoms with van der Waals surface area (Å²) in [4.78, 5) is 31.9. The molecule has 26 heavy (non-hydrogen) atoms. The number of aromatic nitrogens is 1. The quantitative estimate of drug-likeness (QED) is 0.918. The first-order valence-corrected chi connectivity index (χ1v) is 8.87. The third-order valence-corrected chi connectivity index (χ3v) is 4.69. The molecule has 1 aromatic heterocycles. The molecule has 2 heterocycles. The summed E-state index contributed by atoms with van der Waals surface area (Å²) in [6.07, 6.45) is 1.61. The van der Waals surface area contributed by atoms with E-state index >= 15 is 0 Å². The lowest BCUT2D eigenvalue weighted by Gasteiger charge is -2.34. The highest BCUT2D eigenvalue weighted by Crippen LogP contribution is 2.18. The minimum atomic E-state index is -0.0386. The molecule has 1 unspecified atom stereocenters. The average Bonchev–Trinajstić information content (AvgIpc) is 2.69. The van der Waals surface area contributed by atoms with Gasteiger partial charge in [-0.2, -0.15) is 0 Å². The largest absolute Gasteiger partial charge is 0.364 e. The zero-order chi connectivity index (χ0) is 18.5. The van der Waals surface area contributed by atoms with Crippen molar-refractivity contribution in [3.8, 4) is 0 Å². The fourth-order valence-electron chi connectivity index (χ4n) is 3.06. The van der Waals surface area contributed by atoms with E-state index in [1.807, 2.05) is 24.3 Å². The van der Waals surface area contributed by atoms with E-state index in [0.29, 0.717) is 31.7 Å². The van der Waals surface area contributed by atoms with Crippen LogP contribution in [-0.4, -0.2) is 52.8 Å². The third kappa shape index (κ3) is 4.20. The van der Waals surface area contributed by atoms with Crippen LogP contribution < -0.4 is 5.32 Å². The van der Waals surface area contributed by atoms with Crippen LogP contribution in [0.1, 0.15) is 35.8 Å². The standard InChI is InChI=1S/C20H24N4O2/c1-15(17-6-4-3-5-7-17)22-19-9-8-18(14-21-19)20(26)24-12-10-23(11-13-24)16(2)25/h3-9,14-15H,10-13H2,1-2H3,(H,21,22). The van der Waals surface area contributed by atoms with Crippen LogP contribution in [0.2, 0.25) is 0 Å². The summed E-state index contributed by atoms with van der Waals surface area (Å²) in [5, 5.41) is 3.34. The number of pyridine rings is 1. The number of benzene rings is 1. The van der Waals surface area contributed by atoms with Gasteiger partial charge >= 0.3 is 0 Å². The summed E-state index contributed by atoms with van der Waals surface area (Å²) < 4.78 is 0. The number of piperazine rings is 1. The number of nitrogens with zero attached hydrogens (tertiary/aromatic N) is 3. The first-order chi connectivity index (χ1) is 12.5. The monoisotopic (exact) mass is 352 g/mol. The molecule has 1 aliphatic rings. The van der Waals surface area contributed by atoms with Gasteiger partial charge in [-0.15, -0.1) is 0 Å². The summed E-state index contributed by atoms with van der Waals surface area (Å²) >= 11 is 0. The van der Waals surface area contributed by atoms with Crippen LogP contribution in [-0.2, 0) is 4.79 Å². The number of nitrogens with one attached hydrogen (secondary N) is 1. The molecule has 1 atom stereocenters. The van der Waals surface area contributed by atoms with Crippen LogP contribution in [0.3, 0.4) is 0 Å². The van der Waals surface area contributed by atoms with Crippen molar-refractivity contribution < 1.29 is 9.59 Å². The normalized spacial score (nSPS) is 15.5. The summed E-state index contributed by atoms with van der Waals surface area (Å²) in [5.41, 5.74) is 1.75. The van der Waals surface area contributed by atoms with Gasteiger partial charge in [0, 0.05) is 45.3 Å². The third-order valence-electron chi connectivity index (χ3n) is 4.69. The van der Waals surface area contributed by atoms with E-state index in [2.05, 4.69) is 29.4 Å². The molecule has 0 saturated carbocycles. The number of amides is 2. The van der Waals surface area contributed by atoms with Crippen molar-refractivity contribution in [2.24, 2.45) is 0 Å². The van der Waals surface area contributed by atoms with Gasteiger partial charge in [0.2, 0.25) is 5.91 Å². The first-order valence-electron chi connectivity index (χ1n) is 8.87. The van der Waals surface area contributed by atoms with E-state index in [1.54, 1.807) is 29.0 Å². The maximum absolute atomic E-state index is 12.6. The molecule has 1 N–H and O–H groups in total. The van der Waals surface area contributed by atoms with Crippen LogP contribution >= 0.6 is 0 Å². The van der Waals surface area contributed by atoms with Gasteiger partial charge in [-0.3, -0.25) is 9.59 Å². The second kappa shape index (κ2) is 7.99. The zero-order valence-corrected chi connectivity index (χ0v) is 15.2. The van der Waals surface area contributed by atoms with Gasteiger partial charge in [0.15, 0.2) is 0 Å². The lowest BCUT2D eigenvalue weighted by atomic mass is 10.1. The van der Waals surface area contributed by atoms with Crippen LogP contribution in [0, 0.1) is 0 Å². The molecule has 2 amide bonds. The molecule has 2 aromatic rings. The van der Waals surface area contributed by atoms with Crippen molar-refractivity contribution in [1.82, 2.24) is 14.8 Å². The summed E-state index contributed by atoms with van der Waals surface area (Å²) in [6.45, 7) is 5.92. The Kier molecular flexibility index (Phi) is 5.51. The molecule has 0 aliphatic carbocycles. The lowest BCUT2D eigenvalue weighted by Crippen LogP contribution is -2.50. The number of carbonyl (C=O) groups excluding carboxylic acids is 2. The Bertz CT molecular complexity index is 753. The molecule has 1 fully saturated rings. The minimum Gasteiger partial charge on any atom is -0.364 e. The summed E-state index contributed by atoms with van der Waals surface area (Å²) in [5.74, 6) is 0.754. The molecule has 1 aliphatic heterocycles. The maximum atomic E-state index is 12.6. The van der Waals surface area contributed by atoms with E-state index in [4.69, 9.17) is 0 Å². The lowest BCUT2D eigenvalue weighted by molar-refractivity contribution is -0.130. The fourth-order valence-corrected chi connectivity index (χ4v) is 3.06. The van der Waals surface area contributed by atoms with Crippen molar-refractivity contribution in [3.05, 3.63) is 59.8 Å². The number of carbonyl (C=O) groups is 2. The Morgan fingerprint density at radius 1 is 1.00 bits per heavy atom. The Morgan fingerprint density at radius 2 is 1.65 bits per heavy atom. The molecule has 136 valence electrons. The number of anilines is 1. The summed E-state index contributed by atoms with van der Waals surface area (Å²) in [7, 11) is 0. The molecule has 0 bridgehead atoms. The van der Waals surface area contributed by atoms with Crippen LogP contribution in [0.5, 0.6) is 0 Å². The molecule has 0 spiro atoms. The minimum absolute atomic E-state index is 0.0386. The molecule has 0 radical (unpaired) electrons. The topological polar surface area (TPSA) is 65.5 Å². The Balaban J connectivity index is 1.59. The van der Waals surface area contributed by atoms with Crippen LogP contribution in [0.25, 0.3) is 0 Å². The SMILES string of the molecule is CC(=O)N1CCN(C(=O)c2ccc(NC(C)c3ccccc3)nc2)CC1. The van der Waals surface area contributed by atoms with Gasteiger partial charge in [-0.25, -0.2) is 4.98 Å². The van der Waals surface area contributed by atoms with Crippen LogP contribution in [0.15, 0.2) is 48.7 Å². The molecular formula is C20H24N4O2. The molecule has 1 saturated heterocycles. The smallest absolute Gasteiger partial charge is 0.255 e.